The Morgan fingerprint density at radius 3 is 2.40 bits per heavy atom. The molecule has 1 aromatic heterocycles. The van der Waals surface area contributed by atoms with Gasteiger partial charge in [-0.05, 0) is 55.0 Å². The number of aryl methyl sites for hydroxylation is 1. The number of hydrogen-bond donors (Lipinski definition) is 2. The van der Waals surface area contributed by atoms with Gasteiger partial charge in [0.1, 0.15) is 5.82 Å². The highest BCUT2D eigenvalue weighted by Gasteiger charge is 2.07. The molecule has 25 heavy (non-hydrogen) atoms. The third kappa shape index (κ3) is 4.21. The lowest BCUT2D eigenvalue weighted by Crippen LogP contribution is -1.98. The van der Waals surface area contributed by atoms with Gasteiger partial charge in [0.15, 0.2) is 0 Å². The molecule has 124 valence electrons. The van der Waals surface area contributed by atoms with Crippen LogP contribution in [0.3, 0.4) is 0 Å². The van der Waals surface area contributed by atoms with Crippen molar-refractivity contribution in [2.24, 2.45) is 0 Å². The molecule has 0 radical (unpaired) electrons. The maximum Gasteiger partial charge on any atom is 0.132 e. The second kappa shape index (κ2) is 7.43. The zero-order chi connectivity index (χ0) is 17.8. The molecule has 2 N–H and O–H groups in total. The van der Waals surface area contributed by atoms with Crippen LogP contribution in [0.15, 0.2) is 54.7 Å². The van der Waals surface area contributed by atoms with Gasteiger partial charge in [-0.1, -0.05) is 23.2 Å². The minimum Gasteiger partial charge on any atom is -0.354 e. The molecule has 0 aliphatic rings. The van der Waals surface area contributed by atoms with E-state index >= 15 is 0 Å². The van der Waals surface area contributed by atoms with E-state index in [1.807, 2.05) is 37.3 Å². The lowest BCUT2D eigenvalue weighted by atomic mass is 10.2. The first-order valence-corrected chi connectivity index (χ1v) is 8.26. The number of anilines is 4. The molecule has 3 aromatic rings. The first kappa shape index (κ1) is 17.1. The largest absolute Gasteiger partial charge is 0.354 e. The second-order valence-electron chi connectivity index (χ2n) is 5.45. The number of nitrogens with zero attached hydrogens (tertiary/aromatic N) is 2. The summed E-state index contributed by atoms with van der Waals surface area (Å²) in [7, 11) is 0. The summed E-state index contributed by atoms with van der Waals surface area (Å²) in [5.41, 5.74) is 4.07. The van der Waals surface area contributed by atoms with Crippen LogP contribution in [0, 0.1) is 18.3 Å². The van der Waals surface area contributed by atoms with E-state index in [1.54, 1.807) is 24.4 Å². The molecule has 6 heteroatoms. The van der Waals surface area contributed by atoms with Gasteiger partial charge in [-0.3, -0.25) is 0 Å². The van der Waals surface area contributed by atoms with E-state index in [0.29, 0.717) is 21.4 Å². The Hall–Kier alpha value is -2.74. The summed E-state index contributed by atoms with van der Waals surface area (Å²) in [4.78, 5) is 4.31. The van der Waals surface area contributed by atoms with Crippen molar-refractivity contribution in [3.05, 3.63) is 75.9 Å². The van der Waals surface area contributed by atoms with Gasteiger partial charge in [0.25, 0.3) is 0 Å². The molecule has 3 rings (SSSR count). The fraction of sp³-hybridized carbons (Fsp3) is 0.0526. The predicted octanol–water partition coefficient (Wildman–Crippen LogP) is 6.06. The molecule has 0 aliphatic heterocycles. The summed E-state index contributed by atoms with van der Waals surface area (Å²) in [6.45, 7) is 1.94. The summed E-state index contributed by atoms with van der Waals surface area (Å²) in [6.07, 6.45) is 1.70. The smallest absolute Gasteiger partial charge is 0.132 e. The van der Waals surface area contributed by atoms with Crippen molar-refractivity contribution >= 4 is 46.1 Å². The quantitative estimate of drug-likeness (QED) is 0.587. The van der Waals surface area contributed by atoms with E-state index in [-0.39, 0.29) is 0 Å². The third-order valence-electron chi connectivity index (χ3n) is 3.57. The number of nitrogens with one attached hydrogen (secondary N) is 2. The lowest BCUT2D eigenvalue weighted by Gasteiger charge is -2.13. The van der Waals surface area contributed by atoms with Crippen LogP contribution in [0.4, 0.5) is 22.9 Å². The van der Waals surface area contributed by atoms with E-state index in [4.69, 9.17) is 28.5 Å². The van der Waals surface area contributed by atoms with Crippen LogP contribution in [-0.2, 0) is 0 Å². The minimum atomic E-state index is 0.559. The molecule has 1 heterocycles. The number of rotatable bonds is 4. The molecule has 0 atom stereocenters. The van der Waals surface area contributed by atoms with Crippen LogP contribution in [0.5, 0.6) is 0 Å². The Kier molecular flexibility index (Phi) is 5.08. The fourth-order valence-corrected chi connectivity index (χ4v) is 3.00. The highest BCUT2D eigenvalue weighted by molar-refractivity contribution is 6.36. The standard InChI is InChI=1S/C19H14Cl2N4/c1-12-8-14(20)9-17(21)19(12)25-16-6-7-23-18(10-16)24-15-4-2-13(11-22)3-5-15/h2-10H,1H3,(H2,23,24,25). The zero-order valence-electron chi connectivity index (χ0n) is 13.3. The number of hydrogen-bond acceptors (Lipinski definition) is 4. The second-order valence-corrected chi connectivity index (χ2v) is 6.29. The SMILES string of the molecule is Cc1cc(Cl)cc(Cl)c1Nc1ccnc(Nc2ccc(C#N)cc2)c1. The molecule has 0 unspecified atom stereocenters. The highest BCUT2D eigenvalue weighted by Crippen LogP contribution is 2.32. The molecule has 0 saturated carbocycles. The Bertz CT molecular complexity index is 923. The van der Waals surface area contributed by atoms with Gasteiger partial charge in [0.2, 0.25) is 0 Å². The average molecular weight is 369 g/mol. The maximum absolute atomic E-state index is 8.85. The average Bonchev–Trinajstić information content (AvgIpc) is 2.59. The fourth-order valence-electron chi connectivity index (χ4n) is 2.36. The van der Waals surface area contributed by atoms with Crippen LogP contribution in [-0.4, -0.2) is 4.98 Å². The monoisotopic (exact) mass is 368 g/mol. The van der Waals surface area contributed by atoms with Crippen molar-refractivity contribution < 1.29 is 0 Å². The van der Waals surface area contributed by atoms with Gasteiger partial charge >= 0.3 is 0 Å². The first-order chi connectivity index (χ1) is 12.0. The number of aromatic nitrogens is 1. The van der Waals surface area contributed by atoms with Gasteiger partial charge in [-0.15, -0.1) is 0 Å². The molecule has 0 fully saturated rings. The van der Waals surface area contributed by atoms with E-state index in [2.05, 4.69) is 21.7 Å². The Morgan fingerprint density at radius 1 is 0.960 bits per heavy atom. The van der Waals surface area contributed by atoms with Crippen molar-refractivity contribution in [1.82, 2.24) is 4.98 Å². The van der Waals surface area contributed by atoms with E-state index in [9.17, 15) is 0 Å². The lowest BCUT2D eigenvalue weighted by molar-refractivity contribution is 1.30. The van der Waals surface area contributed by atoms with E-state index in [0.717, 1.165) is 22.6 Å². The molecule has 2 aromatic carbocycles. The van der Waals surface area contributed by atoms with Crippen LogP contribution >= 0.6 is 23.2 Å². The molecule has 0 aliphatic carbocycles. The Balaban J connectivity index is 1.81. The molecule has 0 amide bonds. The van der Waals surface area contributed by atoms with Crippen LogP contribution in [0.25, 0.3) is 0 Å². The van der Waals surface area contributed by atoms with Gasteiger partial charge in [-0.2, -0.15) is 5.26 Å². The van der Waals surface area contributed by atoms with Gasteiger partial charge in [0.05, 0.1) is 22.3 Å². The van der Waals surface area contributed by atoms with Crippen molar-refractivity contribution in [1.29, 1.82) is 5.26 Å². The summed E-state index contributed by atoms with van der Waals surface area (Å²) in [5, 5.41) is 16.5. The third-order valence-corrected chi connectivity index (χ3v) is 4.08. The highest BCUT2D eigenvalue weighted by atomic mass is 35.5. The summed E-state index contributed by atoms with van der Waals surface area (Å²) in [6, 6.07) is 16.6. The van der Waals surface area contributed by atoms with Crippen molar-refractivity contribution in [2.75, 3.05) is 10.6 Å². The zero-order valence-corrected chi connectivity index (χ0v) is 14.9. The maximum atomic E-state index is 8.85. The summed E-state index contributed by atoms with van der Waals surface area (Å²) in [5.74, 6) is 0.678. The number of halogens is 2. The summed E-state index contributed by atoms with van der Waals surface area (Å²) < 4.78 is 0. The number of pyridine rings is 1. The van der Waals surface area contributed by atoms with Crippen LogP contribution < -0.4 is 10.6 Å². The van der Waals surface area contributed by atoms with Gasteiger partial charge in [0, 0.05) is 28.7 Å². The molecule has 0 saturated heterocycles. The predicted molar refractivity (Wildman–Crippen MR) is 103 cm³/mol. The van der Waals surface area contributed by atoms with E-state index < -0.39 is 0 Å². The van der Waals surface area contributed by atoms with Crippen molar-refractivity contribution in [3.63, 3.8) is 0 Å². The van der Waals surface area contributed by atoms with Gasteiger partial charge in [-0.25, -0.2) is 4.98 Å². The first-order valence-electron chi connectivity index (χ1n) is 7.51. The topological polar surface area (TPSA) is 60.7 Å². The molecule has 0 bridgehead atoms. The van der Waals surface area contributed by atoms with Gasteiger partial charge < -0.3 is 10.6 Å². The van der Waals surface area contributed by atoms with Crippen LogP contribution in [0.1, 0.15) is 11.1 Å². The molecule has 4 nitrogen and oxygen atoms in total. The number of benzene rings is 2. The molecular weight excluding hydrogens is 355 g/mol. The van der Waals surface area contributed by atoms with E-state index in [1.165, 1.54) is 0 Å². The Morgan fingerprint density at radius 2 is 1.72 bits per heavy atom. The Labute approximate surface area is 156 Å². The molecular formula is C19H14Cl2N4. The normalized spacial score (nSPS) is 10.2. The minimum absolute atomic E-state index is 0.559. The van der Waals surface area contributed by atoms with Crippen LogP contribution in [0.2, 0.25) is 10.0 Å². The molecule has 0 spiro atoms. The van der Waals surface area contributed by atoms with Crippen molar-refractivity contribution in [3.8, 4) is 6.07 Å². The van der Waals surface area contributed by atoms with Crippen molar-refractivity contribution in [2.45, 2.75) is 6.92 Å². The summed E-state index contributed by atoms with van der Waals surface area (Å²) >= 11 is 12.3. The number of nitriles is 1.